The van der Waals surface area contributed by atoms with Crippen LogP contribution in [0.5, 0.6) is 0 Å². The zero-order valence-corrected chi connectivity index (χ0v) is 16.2. The van der Waals surface area contributed by atoms with Crippen LogP contribution in [0.4, 0.5) is 4.39 Å². The highest BCUT2D eigenvalue weighted by atomic mass is 32.1. The van der Waals surface area contributed by atoms with E-state index in [4.69, 9.17) is 4.74 Å². The van der Waals surface area contributed by atoms with Gasteiger partial charge in [0, 0.05) is 11.0 Å². The van der Waals surface area contributed by atoms with Crippen LogP contribution < -0.4 is 5.32 Å². The zero-order chi connectivity index (χ0) is 20.2. The van der Waals surface area contributed by atoms with Crippen molar-refractivity contribution in [3.63, 3.8) is 0 Å². The smallest absolute Gasteiger partial charge is 0.455 e. The summed E-state index contributed by atoms with van der Waals surface area (Å²) in [4.78, 5) is 26.5. The first-order chi connectivity index (χ1) is 14.1. The molecule has 7 heteroatoms. The van der Waals surface area contributed by atoms with E-state index < -0.39 is 12.0 Å². The van der Waals surface area contributed by atoms with E-state index in [9.17, 15) is 14.0 Å². The van der Waals surface area contributed by atoms with Crippen molar-refractivity contribution in [2.75, 3.05) is 6.54 Å². The Labute approximate surface area is 171 Å². The fraction of sp³-hybridized carbons (Fsp3) is 0.136. The monoisotopic (exact) mass is 409 g/mol. The van der Waals surface area contributed by atoms with Gasteiger partial charge in [-0.2, -0.15) is 0 Å². The molecule has 2 aliphatic rings. The summed E-state index contributed by atoms with van der Waals surface area (Å²) in [5.74, 6) is -0.921. The molecular weight excluding hydrogens is 391 g/mol. The zero-order valence-electron chi connectivity index (χ0n) is 15.4. The highest BCUT2D eigenvalue weighted by Crippen LogP contribution is 2.21. The normalized spacial score (nSPS) is 19.3. The third kappa shape index (κ3) is 4.41. The number of hydrogen-bond donors (Lipinski definition) is 1. The van der Waals surface area contributed by atoms with Gasteiger partial charge in [-0.05, 0) is 41.3 Å². The lowest BCUT2D eigenvalue weighted by Crippen LogP contribution is -2.46. The molecule has 1 atom stereocenters. The van der Waals surface area contributed by atoms with Gasteiger partial charge >= 0.3 is 5.91 Å². The minimum atomic E-state index is -0.463. The summed E-state index contributed by atoms with van der Waals surface area (Å²) in [6.45, 7) is 0.306. The van der Waals surface area contributed by atoms with Gasteiger partial charge in [0.1, 0.15) is 5.82 Å². The molecule has 1 N–H and O–H groups in total. The summed E-state index contributed by atoms with van der Waals surface area (Å²) in [6.07, 6.45) is 8.30. The molecule has 146 valence electrons. The molecule has 1 aliphatic carbocycles. The SMILES string of the molecule is O=C(C[N+]1=C2C=CC=CC2O/C(=C/c2ccc(F)cc2)C1=O)NCc1cccs1. The van der Waals surface area contributed by atoms with Gasteiger partial charge in [0.2, 0.25) is 24.1 Å². The molecular formula is C22H18FN2O3S+. The van der Waals surface area contributed by atoms with Gasteiger partial charge in [-0.1, -0.05) is 30.4 Å². The van der Waals surface area contributed by atoms with Crippen LogP contribution in [0.1, 0.15) is 10.4 Å². The maximum atomic E-state index is 13.2. The van der Waals surface area contributed by atoms with Gasteiger partial charge in [0.05, 0.1) is 6.54 Å². The number of nitrogens with zero attached hydrogens (tertiary/aromatic N) is 1. The highest BCUT2D eigenvalue weighted by molar-refractivity contribution is 7.09. The molecule has 0 bridgehead atoms. The molecule has 0 saturated heterocycles. The Morgan fingerprint density at radius 3 is 2.83 bits per heavy atom. The first-order valence-electron chi connectivity index (χ1n) is 9.07. The topological polar surface area (TPSA) is 58.4 Å². The number of amides is 2. The van der Waals surface area contributed by atoms with Crippen molar-refractivity contribution in [3.8, 4) is 0 Å². The molecule has 1 aliphatic heterocycles. The molecule has 1 unspecified atom stereocenters. The quantitative estimate of drug-likeness (QED) is 0.610. The fourth-order valence-corrected chi connectivity index (χ4v) is 3.71. The molecule has 2 amide bonds. The van der Waals surface area contributed by atoms with Crippen molar-refractivity contribution < 1.29 is 23.3 Å². The number of halogens is 1. The second-order valence-corrected chi connectivity index (χ2v) is 7.55. The molecule has 2 heterocycles. The lowest BCUT2D eigenvalue weighted by atomic mass is 10.1. The maximum absolute atomic E-state index is 13.2. The van der Waals surface area contributed by atoms with Crippen LogP contribution in [-0.2, 0) is 20.9 Å². The van der Waals surface area contributed by atoms with Crippen molar-refractivity contribution in [1.82, 2.24) is 5.32 Å². The molecule has 0 fully saturated rings. The van der Waals surface area contributed by atoms with E-state index in [0.29, 0.717) is 17.8 Å². The number of carbonyl (C=O) groups is 2. The predicted octanol–water partition coefficient (Wildman–Crippen LogP) is 3.05. The standard InChI is InChI=1S/C22H17FN2O3S/c23-16-9-7-15(8-10-16)12-20-22(27)25(18-5-1-2-6-19(18)28-20)14-21(26)24-13-17-4-3-11-29-17/h1-12,19H,13-14H2/p+1/b20-12+. The second kappa shape index (κ2) is 8.36. The van der Waals surface area contributed by atoms with E-state index in [1.807, 2.05) is 29.7 Å². The van der Waals surface area contributed by atoms with E-state index >= 15 is 0 Å². The van der Waals surface area contributed by atoms with Crippen LogP contribution >= 0.6 is 11.3 Å². The Morgan fingerprint density at radius 2 is 2.07 bits per heavy atom. The van der Waals surface area contributed by atoms with Crippen LogP contribution in [0.3, 0.4) is 0 Å². The highest BCUT2D eigenvalue weighted by Gasteiger charge is 2.40. The minimum absolute atomic E-state index is 0.108. The summed E-state index contributed by atoms with van der Waals surface area (Å²) in [7, 11) is 0. The third-order valence-electron chi connectivity index (χ3n) is 4.49. The first kappa shape index (κ1) is 19.0. The largest absolute Gasteiger partial charge is 0.465 e. The molecule has 0 spiro atoms. The number of allylic oxidation sites excluding steroid dienone is 2. The van der Waals surface area contributed by atoms with E-state index in [-0.39, 0.29) is 24.0 Å². The van der Waals surface area contributed by atoms with Crippen molar-refractivity contribution >= 4 is 34.9 Å². The number of ether oxygens (including phenoxy) is 1. The van der Waals surface area contributed by atoms with Crippen LogP contribution in [-0.4, -0.2) is 34.8 Å². The summed E-state index contributed by atoms with van der Waals surface area (Å²) < 4.78 is 20.4. The van der Waals surface area contributed by atoms with Crippen molar-refractivity contribution in [2.24, 2.45) is 0 Å². The van der Waals surface area contributed by atoms with Crippen LogP contribution in [0.15, 0.2) is 71.8 Å². The second-order valence-electron chi connectivity index (χ2n) is 6.51. The minimum Gasteiger partial charge on any atom is -0.465 e. The molecule has 0 radical (unpaired) electrons. The average Bonchev–Trinajstić information content (AvgIpc) is 3.25. The number of rotatable bonds is 5. The number of carbonyl (C=O) groups excluding carboxylic acids is 2. The van der Waals surface area contributed by atoms with E-state index in [0.717, 1.165) is 4.88 Å². The fourth-order valence-electron chi connectivity index (χ4n) is 3.06. The van der Waals surface area contributed by atoms with Crippen LogP contribution in [0.2, 0.25) is 0 Å². The van der Waals surface area contributed by atoms with Gasteiger partial charge in [-0.25, -0.2) is 9.18 Å². The summed E-state index contributed by atoms with van der Waals surface area (Å²) in [6, 6.07) is 9.62. The average molecular weight is 409 g/mol. The van der Waals surface area contributed by atoms with Gasteiger partial charge < -0.3 is 10.1 Å². The van der Waals surface area contributed by atoms with E-state index in [1.54, 1.807) is 41.7 Å². The summed E-state index contributed by atoms with van der Waals surface area (Å²) >= 11 is 1.56. The lowest BCUT2D eigenvalue weighted by Gasteiger charge is -2.22. The predicted molar refractivity (Wildman–Crippen MR) is 109 cm³/mol. The molecule has 1 aromatic heterocycles. The van der Waals surface area contributed by atoms with Gasteiger partial charge in [0.25, 0.3) is 5.91 Å². The Kier molecular flexibility index (Phi) is 5.48. The Morgan fingerprint density at radius 1 is 1.24 bits per heavy atom. The number of thiophene rings is 1. The summed E-state index contributed by atoms with van der Waals surface area (Å²) in [5, 5.41) is 4.78. The van der Waals surface area contributed by atoms with E-state index in [1.165, 1.54) is 16.7 Å². The Balaban J connectivity index is 1.57. The molecule has 5 nitrogen and oxygen atoms in total. The maximum Gasteiger partial charge on any atom is 0.455 e. The number of nitrogens with one attached hydrogen (secondary N) is 1. The molecule has 0 saturated carbocycles. The van der Waals surface area contributed by atoms with Crippen molar-refractivity contribution in [3.05, 3.63) is 88.1 Å². The Hall–Kier alpha value is -3.32. The summed E-state index contributed by atoms with van der Waals surface area (Å²) in [5.41, 5.74) is 1.25. The van der Waals surface area contributed by atoms with Gasteiger partial charge in [0.15, 0.2) is 0 Å². The van der Waals surface area contributed by atoms with Crippen molar-refractivity contribution in [1.29, 1.82) is 0 Å². The van der Waals surface area contributed by atoms with E-state index in [2.05, 4.69) is 5.32 Å². The number of fused-ring (bicyclic) bond motifs is 1. The van der Waals surface area contributed by atoms with Gasteiger partial charge in [-0.3, -0.25) is 4.79 Å². The van der Waals surface area contributed by atoms with Crippen LogP contribution in [0, 0.1) is 5.82 Å². The van der Waals surface area contributed by atoms with Gasteiger partial charge in [-0.15, -0.1) is 15.9 Å². The molecule has 29 heavy (non-hydrogen) atoms. The number of hydrogen-bond acceptors (Lipinski definition) is 4. The molecule has 2 aromatic rings. The Bertz CT molecular complexity index is 1050. The molecule has 4 rings (SSSR count). The lowest BCUT2D eigenvalue weighted by molar-refractivity contribution is -0.443. The third-order valence-corrected chi connectivity index (χ3v) is 5.36. The van der Waals surface area contributed by atoms with Crippen molar-refractivity contribution in [2.45, 2.75) is 12.6 Å². The van der Waals surface area contributed by atoms with Crippen LogP contribution in [0.25, 0.3) is 6.08 Å². The number of benzene rings is 1. The first-order valence-corrected chi connectivity index (χ1v) is 9.95. The molecule has 1 aromatic carbocycles.